The first-order valence-electron chi connectivity index (χ1n) is 4.12. The maximum absolute atomic E-state index is 5.31. The minimum atomic E-state index is 0.574. The van der Waals surface area contributed by atoms with E-state index in [9.17, 15) is 0 Å². The van der Waals surface area contributed by atoms with Crippen molar-refractivity contribution in [2.24, 2.45) is 0 Å². The van der Waals surface area contributed by atoms with Gasteiger partial charge in [0.1, 0.15) is 10.4 Å². The van der Waals surface area contributed by atoms with Crippen LogP contribution in [0, 0.1) is 3.57 Å². The Kier molecular flexibility index (Phi) is 5.56. The van der Waals surface area contributed by atoms with E-state index in [1.165, 1.54) is 0 Å². The van der Waals surface area contributed by atoms with Crippen LogP contribution < -0.4 is 5.73 Å². The van der Waals surface area contributed by atoms with Gasteiger partial charge in [-0.05, 0) is 62.8 Å². The average molecular weight is 378 g/mol. The van der Waals surface area contributed by atoms with Crippen LogP contribution in [0.2, 0.25) is 0 Å². The van der Waals surface area contributed by atoms with E-state index in [1.54, 1.807) is 18.5 Å². The highest BCUT2D eigenvalue weighted by Gasteiger charge is 1.83. The molecule has 0 bridgehead atoms. The number of nitrogen functional groups attached to an aromatic ring is 1. The lowest BCUT2D eigenvalue weighted by molar-refractivity contribution is 1.28. The van der Waals surface area contributed by atoms with Gasteiger partial charge in [0.05, 0.1) is 0 Å². The fraction of sp³-hybridized carbons (Fsp3) is 0. The first-order chi connectivity index (χ1) is 7.18. The Hall–Kier alpha value is -0.690. The number of hydrogen-bond donors (Lipinski definition) is 1. The molecule has 0 radical (unpaired) electrons. The summed E-state index contributed by atoms with van der Waals surface area (Å²) in [6.07, 6.45) is 3.47. The summed E-state index contributed by atoms with van der Waals surface area (Å²) in [7, 11) is 0. The zero-order valence-electron chi connectivity index (χ0n) is 7.77. The van der Waals surface area contributed by atoms with Gasteiger partial charge < -0.3 is 5.73 Å². The number of rotatable bonds is 0. The van der Waals surface area contributed by atoms with Crippen LogP contribution in [0.4, 0.5) is 5.82 Å². The first-order valence-corrected chi connectivity index (χ1v) is 5.99. The van der Waals surface area contributed by atoms with E-state index >= 15 is 0 Å². The van der Waals surface area contributed by atoms with Gasteiger partial charge in [-0.2, -0.15) is 0 Å². The van der Waals surface area contributed by atoms with Crippen molar-refractivity contribution < 1.29 is 0 Å². The summed E-state index contributed by atoms with van der Waals surface area (Å²) >= 11 is 5.38. The smallest absolute Gasteiger partial charge is 0.123 e. The minimum absolute atomic E-state index is 0.574. The molecule has 0 saturated heterocycles. The molecule has 2 aromatic heterocycles. The Morgan fingerprint density at radius 3 is 2.27 bits per heavy atom. The van der Waals surface area contributed by atoms with Gasteiger partial charge in [0.15, 0.2) is 0 Å². The maximum atomic E-state index is 5.31. The molecule has 0 aromatic carbocycles. The highest BCUT2D eigenvalue weighted by atomic mass is 127. The number of aromatic nitrogens is 2. The molecule has 0 aliphatic rings. The van der Waals surface area contributed by atoms with E-state index in [1.807, 2.05) is 24.3 Å². The molecule has 3 nitrogen and oxygen atoms in total. The second-order valence-corrected chi connectivity index (χ2v) is 4.61. The van der Waals surface area contributed by atoms with Crippen molar-refractivity contribution in [2.75, 3.05) is 5.73 Å². The molecular formula is C10H9BrIN3. The molecule has 0 fully saturated rings. The van der Waals surface area contributed by atoms with Crippen LogP contribution in [-0.4, -0.2) is 9.97 Å². The Morgan fingerprint density at radius 1 is 1.13 bits per heavy atom. The van der Waals surface area contributed by atoms with Crippen LogP contribution in [0.15, 0.2) is 47.3 Å². The summed E-state index contributed by atoms with van der Waals surface area (Å²) in [5.74, 6) is 0.574. The molecule has 5 heteroatoms. The van der Waals surface area contributed by atoms with Gasteiger partial charge in [0, 0.05) is 16.0 Å². The number of halogens is 2. The molecule has 15 heavy (non-hydrogen) atoms. The van der Waals surface area contributed by atoms with Gasteiger partial charge >= 0.3 is 0 Å². The predicted molar refractivity (Wildman–Crippen MR) is 73.3 cm³/mol. The number of pyridine rings is 2. The quantitative estimate of drug-likeness (QED) is 0.567. The van der Waals surface area contributed by atoms with Crippen molar-refractivity contribution >= 4 is 44.3 Å². The Balaban J connectivity index is 0.000000151. The Labute approximate surface area is 110 Å². The normalized spacial score (nSPS) is 8.93. The fourth-order valence-corrected chi connectivity index (χ4v) is 1.32. The van der Waals surface area contributed by atoms with E-state index in [0.717, 1.165) is 8.17 Å². The number of anilines is 1. The van der Waals surface area contributed by atoms with Gasteiger partial charge in [-0.3, -0.25) is 0 Å². The van der Waals surface area contributed by atoms with Crippen molar-refractivity contribution in [3.05, 3.63) is 50.9 Å². The third kappa shape index (κ3) is 5.68. The lowest BCUT2D eigenvalue weighted by Gasteiger charge is -1.88. The maximum Gasteiger partial charge on any atom is 0.123 e. The summed E-state index contributed by atoms with van der Waals surface area (Å²) in [6, 6.07) is 9.40. The fourth-order valence-electron chi connectivity index (χ4n) is 0.729. The summed E-state index contributed by atoms with van der Waals surface area (Å²) in [5, 5.41) is 0. The molecule has 0 aliphatic heterocycles. The molecule has 0 atom stereocenters. The van der Waals surface area contributed by atoms with Crippen molar-refractivity contribution in [3.8, 4) is 0 Å². The number of nitrogens with two attached hydrogens (primary N) is 1. The summed E-state index contributed by atoms with van der Waals surface area (Å²) < 4.78 is 1.99. The van der Waals surface area contributed by atoms with E-state index in [0.29, 0.717) is 5.82 Å². The second-order valence-electron chi connectivity index (χ2n) is 2.55. The third-order valence-corrected chi connectivity index (χ3v) is 2.49. The number of hydrogen-bond acceptors (Lipinski definition) is 3. The van der Waals surface area contributed by atoms with Crippen molar-refractivity contribution in [1.82, 2.24) is 9.97 Å². The molecule has 2 N–H and O–H groups in total. The van der Waals surface area contributed by atoms with E-state index in [2.05, 4.69) is 48.5 Å². The first kappa shape index (κ1) is 12.4. The SMILES string of the molecule is Brc1ccccn1.Nc1ccc(I)cn1. The minimum Gasteiger partial charge on any atom is -0.384 e. The summed E-state index contributed by atoms with van der Waals surface area (Å²) in [4.78, 5) is 7.74. The monoisotopic (exact) mass is 377 g/mol. The molecule has 0 saturated carbocycles. The lowest BCUT2D eigenvalue weighted by atomic mass is 10.5. The average Bonchev–Trinajstić information content (AvgIpc) is 2.25. The highest BCUT2D eigenvalue weighted by molar-refractivity contribution is 14.1. The lowest BCUT2D eigenvalue weighted by Crippen LogP contribution is -1.87. The van der Waals surface area contributed by atoms with Crippen molar-refractivity contribution in [1.29, 1.82) is 0 Å². The molecule has 0 aliphatic carbocycles. The zero-order chi connectivity index (χ0) is 11.1. The highest BCUT2D eigenvalue weighted by Crippen LogP contribution is 2.02. The van der Waals surface area contributed by atoms with Gasteiger partial charge in [-0.1, -0.05) is 6.07 Å². The molecule has 2 heterocycles. The Morgan fingerprint density at radius 2 is 1.93 bits per heavy atom. The van der Waals surface area contributed by atoms with Gasteiger partial charge in [-0.25, -0.2) is 9.97 Å². The second kappa shape index (κ2) is 6.73. The van der Waals surface area contributed by atoms with Crippen LogP contribution in [-0.2, 0) is 0 Å². The zero-order valence-corrected chi connectivity index (χ0v) is 11.5. The van der Waals surface area contributed by atoms with E-state index < -0.39 is 0 Å². The summed E-state index contributed by atoms with van der Waals surface area (Å²) in [5.41, 5.74) is 5.31. The van der Waals surface area contributed by atoms with Crippen LogP contribution in [0.3, 0.4) is 0 Å². The topological polar surface area (TPSA) is 51.8 Å². The van der Waals surface area contributed by atoms with E-state index in [4.69, 9.17) is 5.73 Å². The molecular weight excluding hydrogens is 369 g/mol. The van der Waals surface area contributed by atoms with Crippen molar-refractivity contribution in [2.45, 2.75) is 0 Å². The Bertz CT molecular complexity index is 370. The van der Waals surface area contributed by atoms with Crippen LogP contribution in [0.5, 0.6) is 0 Å². The van der Waals surface area contributed by atoms with Crippen LogP contribution >= 0.6 is 38.5 Å². The molecule has 2 aromatic rings. The largest absolute Gasteiger partial charge is 0.384 e. The standard InChI is InChI=1S/C5H4BrN.C5H5IN2/c6-5-3-1-2-4-7-5;6-4-1-2-5(7)8-3-4/h1-4H;1-3H,(H2,7,8). The summed E-state index contributed by atoms with van der Waals surface area (Å²) in [6.45, 7) is 0. The molecule has 0 unspecified atom stereocenters. The van der Waals surface area contributed by atoms with E-state index in [-0.39, 0.29) is 0 Å². The predicted octanol–water partition coefficient (Wildman–Crippen LogP) is 3.11. The third-order valence-electron chi connectivity index (χ3n) is 1.38. The van der Waals surface area contributed by atoms with Gasteiger partial charge in [0.25, 0.3) is 0 Å². The van der Waals surface area contributed by atoms with Crippen molar-refractivity contribution in [3.63, 3.8) is 0 Å². The molecule has 0 spiro atoms. The number of nitrogens with zero attached hydrogens (tertiary/aromatic N) is 2. The van der Waals surface area contributed by atoms with Crippen LogP contribution in [0.1, 0.15) is 0 Å². The van der Waals surface area contributed by atoms with Crippen LogP contribution in [0.25, 0.3) is 0 Å². The van der Waals surface area contributed by atoms with Gasteiger partial charge in [-0.15, -0.1) is 0 Å². The molecule has 0 amide bonds. The molecule has 78 valence electrons. The van der Waals surface area contributed by atoms with Gasteiger partial charge in [0.2, 0.25) is 0 Å². The molecule has 2 rings (SSSR count).